The van der Waals surface area contributed by atoms with Gasteiger partial charge in [0.05, 0.1) is 12.2 Å². The average Bonchev–Trinajstić information content (AvgIpc) is 3.10. The van der Waals surface area contributed by atoms with Crippen molar-refractivity contribution in [1.29, 1.82) is 0 Å². The molecule has 4 aromatic rings. The van der Waals surface area contributed by atoms with E-state index in [-0.39, 0.29) is 17.9 Å². The fourth-order valence-corrected chi connectivity index (χ4v) is 6.02. The van der Waals surface area contributed by atoms with E-state index >= 15 is 0 Å². The molecule has 234 valence electrons. The van der Waals surface area contributed by atoms with Crippen LogP contribution in [0, 0.1) is 0 Å². The Morgan fingerprint density at radius 2 is 1.56 bits per heavy atom. The molecular formula is C37H43N5O3. The predicted molar refractivity (Wildman–Crippen MR) is 182 cm³/mol. The van der Waals surface area contributed by atoms with Gasteiger partial charge in [0, 0.05) is 62.1 Å². The zero-order valence-electron chi connectivity index (χ0n) is 26.2. The number of anilines is 1. The number of amides is 2. The molecule has 0 aliphatic carbocycles. The number of carbonyl (C=O) groups excluding carboxylic acids is 2. The van der Waals surface area contributed by atoms with Crippen molar-refractivity contribution in [3.05, 3.63) is 108 Å². The molecule has 0 spiro atoms. The van der Waals surface area contributed by atoms with Gasteiger partial charge in [0.25, 0.3) is 11.8 Å². The van der Waals surface area contributed by atoms with E-state index in [0.29, 0.717) is 57.0 Å². The number of hydrogen-bond donors (Lipinski definition) is 3. The van der Waals surface area contributed by atoms with Crippen molar-refractivity contribution in [2.24, 2.45) is 11.5 Å². The number of carbonyl (C=O) groups is 2. The summed E-state index contributed by atoms with van der Waals surface area (Å²) in [6.07, 6.45) is 0.810. The topological polar surface area (TPSA) is 114 Å². The lowest BCUT2D eigenvalue weighted by molar-refractivity contribution is 0.0720. The van der Waals surface area contributed by atoms with Gasteiger partial charge in [-0.05, 0) is 59.9 Å². The van der Waals surface area contributed by atoms with E-state index in [9.17, 15) is 9.59 Å². The van der Waals surface area contributed by atoms with Crippen LogP contribution in [0.3, 0.4) is 0 Å². The number of nitrogens with zero attached hydrogens (tertiary/aromatic N) is 2. The number of ether oxygens (including phenoxy) is 1. The molecule has 5 N–H and O–H groups in total. The van der Waals surface area contributed by atoms with Crippen LogP contribution in [0.15, 0.2) is 91.0 Å². The number of para-hydroxylation sites is 1. The minimum absolute atomic E-state index is 0.00962. The lowest BCUT2D eigenvalue weighted by Gasteiger charge is -2.43. The van der Waals surface area contributed by atoms with Crippen LogP contribution in [0.25, 0.3) is 22.3 Å². The smallest absolute Gasteiger partial charge is 0.254 e. The van der Waals surface area contributed by atoms with Crippen molar-refractivity contribution in [2.45, 2.75) is 32.9 Å². The van der Waals surface area contributed by atoms with Gasteiger partial charge < -0.3 is 31.3 Å². The molecule has 8 heteroatoms. The first kappa shape index (κ1) is 31.8. The van der Waals surface area contributed by atoms with Crippen molar-refractivity contribution in [2.75, 3.05) is 44.2 Å². The molecule has 0 bridgehead atoms. The number of hydrogen-bond acceptors (Lipinski definition) is 6. The van der Waals surface area contributed by atoms with Crippen molar-refractivity contribution < 1.29 is 14.3 Å². The van der Waals surface area contributed by atoms with Crippen molar-refractivity contribution in [3.63, 3.8) is 0 Å². The Kier molecular flexibility index (Phi) is 10.5. The molecule has 45 heavy (non-hydrogen) atoms. The molecular weight excluding hydrogens is 562 g/mol. The second-order valence-electron chi connectivity index (χ2n) is 11.2. The van der Waals surface area contributed by atoms with Crippen LogP contribution in [0.4, 0.5) is 5.69 Å². The van der Waals surface area contributed by atoms with Gasteiger partial charge in [0.15, 0.2) is 0 Å². The standard InChI is InChI=1S/C37H43N5O3/c1-3-29-25-41(37(44)32-11-6-5-9-30(32)27-15-13-26(24-39)14-16-27)21-22-42(29)34-18-17-28(23-33(34)36(43)40-20-19-38)31-10-7-8-12-35(31)45-4-2/h5-18,23,29H,3-4,19-22,24-25,38-39H2,1-2H3,(H,40,43)/t29-/m1/s1. The third-order valence-electron chi connectivity index (χ3n) is 8.38. The number of nitrogens with one attached hydrogen (secondary N) is 1. The first-order valence-electron chi connectivity index (χ1n) is 15.8. The maximum atomic E-state index is 14.0. The number of rotatable bonds is 11. The summed E-state index contributed by atoms with van der Waals surface area (Å²) in [5, 5.41) is 2.96. The highest BCUT2D eigenvalue weighted by molar-refractivity contribution is 6.02. The van der Waals surface area contributed by atoms with E-state index < -0.39 is 0 Å². The van der Waals surface area contributed by atoms with E-state index in [1.807, 2.05) is 103 Å². The van der Waals surface area contributed by atoms with Gasteiger partial charge in [-0.3, -0.25) is 9.59 Å². The molecule has 8 nitrogen and oxygen atoms in total. The van der Waals surface area contributed by atoms with Crippen LogP contribution in [-0.4, -0.2) is 62.1 Å². The van der Waals surface area contributed by atoms with E-state index in [0.717, 1.165) is 45.7 Å². The van der Waals surface area contributed by atoms with Crippen molar-refractivity contribution in [1.82, 2.24) is 10.2 Å². The van der Waals surface area contributed by atoms with Crippen molar-refractivity contribution in [3.8, 4) is 28.0 Å². The Balaban J connectivity index is 1.43. The van der Waals surface area contributed by atoms with E-state index in [1.165, 1.54) is 0 Å². The number of nitrogens with two attached hydrogens (primary N) is 2. The summed E-state index contributed by atoms with van der Waals surface area (Å²) in [5.41, 5.74) is 18.4. The lowest BCUT2D eigenvalue weighted by Crippen LogP contribution is -2.55. The second kappa shape index (κ2) is 14.9. The van der Waals surface area contributed by atoms with E-state index in [1.54, 1.807) is 0 Å². The minimum atomic E-state index is -0.172. The maximum Gasteiger partial charge on any atom is 0.254 e. The Bertz CT molecular complexity index is 1620. The normalized spacial score (nSPS) is 14.7. The highest BCUT2D eigenvalue weighted by Gasteiger charge is 2.32. The third kappa shape index (κ3) is 7.03. The fraction of sp³-hybridized carbons (Fsp3) is 0.297. The highest BCUT2D eigenvalue weighted by atomic mass is 16.5. The van der Waals surface area contributed by atoms with Crippen LogP contribution in [0.2, 0.25) is 0 Å². The van der Waals surface area contributed by atoms with Crippen molar-refractivity contribution >= 4 is 17.5 Å². The van der Waals surface area contributed by atoms with Gasteiger partial charge in [-0.25, -0.2) is 0 Å². The van der Waals surface area contributed by atoms with Gasteiger partial charge in [-0.2, -0.15) is 0 Å². The largest absolute Gasteiger partial charge is 0.493 e. The number of benzene rings is 4. The molecule has 1 heterocycles. The van der Waals surface area contributed by atoms with E-state index in [4.69, 9.17) is 16.2 Å². The Morgan fingerprint density at radius 3 is 2.27 bits per heavy atom. The zero-order chi connectivity index (χ0) is 31.8. The molecule has 2 amide bonds. The molecule has 0 radical (unpaired) electrons. The Labute approximate surface area is 266 Å². The van der Waals surface area contributed by atoms with Crippen LogP contribution in [-0.2, 0) is 6.54 Å². The van der Waals surface area contributed by atoms with E-state index in [2.05, 4.69) is 17.1 Å². The predicted octanol–water partition coefficient (Wildman–Crippen LogP) is 5.31. The molecule has 5 rings (SSSR count). The molecule has 1 saturated heterocycles. The van der Waals surface area contributed by atoms with Gasteiger partial charge in [0.2, 0.25) is 0 Å². The molecule has 4 aromatic carbocycles. The van der Waals surface area contributed by atoms with Gasteiger partial charge >= 0.3 is 0 Å². The summed E-state index contributed by atoms with van der Waals surface area (Å²) in [7, 11) is 0. The summed E-state index contributed by atoms with van der Waals surface area (Å²) in [4.78, 5) is 31.7. The van der Waals surface area contributed by atoms with Gasteiger partial charge in [-0.1, -0.05) is 73.7 Å². The summed E-state index contributed by atoms with van der Waals surface area (Å²) < 4.78 is 5.89. The Morgan fingerprint density at radius 1 is 0.844 bits per heavy atom. The molecule has 0 unspecified atom stereocenters. The van der Waals surface area contributed by atoms with Gasteiger partial charge in [0.1, 0.15) is 5.75 Å². The summed E-state index contributed by atoms with van der Waals surface area (Å²) in [6, 6.07) is 29.7. The van der Waals surface area contributed by atoms with Crippen LogP contribution >= 0.6 is 0 Å². The minimum Gasteiger partial charge on any atom is -0.493 e. The van der Waals surface area contributed by atoms with Crippen LogP contribution in [0.1, 0.15) is 46.5 Å². The Hall–Kier alpha value is -4.66. The monoisotopic (exact) mass is 605 g/mol. The first-order chi connectivity index (χ1) is 22.0. The molecule has 0 aromatic heterocycles. The SMILES string of the molecule is CCOc1ccccc1-c1ccc(N2CCN(C(=O)c3ccccc3-c3ccc(CN)cc3)C[C@H]2CC)c(C(=O)NCCN)c1. The molecule has 1 atom stereocenters. The average molecular weight is 606 g/mol. The summed E-state index contributed by atoms with van der Waals surface area (Å²) in [6.45, 7) is 7.52. The fourth-order valence-electron chi connectivity index (χ4n) is 6.02. The third-order valence-corrected chi connectivity index (χ3v) is 8.38. The zero-order valence-corrected chi connectivity index (χ0v) is 26.2. The highest BCUT2D eigenvalue weighted by Crippen LogP contribution is 2.35. The molecule has 1 aliphatic heterocycles. The second-order valence-corrected chi connectivity index (χ2v) is 11.2. The molecule has 1 fully saturated rings. The summed E-state index contributed by atoms with van der Waals surface area (Å²) in [5.74, 6) is 0.611. The van der Waals surface area contributed by atoms with Crippen LogP contribution in [0.5, 0.6) is 5.75 Å². The molecule has 0 saturated carbocycles. The van der Waals surface area contributed by atoms with Crippen LogP contribution < -0.4 is 26.4 Å². The maximum absolute atomic E-state index is 14.0. The first-order valence-corrected chi connectivity index (χ1v) is 15.8. The quantitative estimate of drug-likeness (QED) is 0.214. The van der Waals surface area contributed by atoms with Gasteiger partial charge in [-0.15, -0.1) is 0 Å². The summed E-state index contributed by atoms with van der Waals surface area (Å²) >= 11 is 0. The molecule has 1 aliphatic rings. The lowest BCUT2D eigenvalue weighted by atomic mass is 9.96. The number of piperazine rings is 1.